The molecule has 0 atom stereocenters. The molecule has 1 aliphatic rings. The first-order valence-corrected chi connectivity index (χ1v) is 6.84. The van der Waals surface area contributed by atoms with Crippen LogP contribution in [0.5, 0.6) is 0 Å². The molecule has 4 nitrogen and oxygen atoms in total. The van der Waals surface area contributed by atoms with Gasteiger partial charge in [-0.25, -0.2) is 9.97 Å². The molecule has 2 aromatic heterocycles. The van der Waals surface area contributed by atoms with Crippen LogP contribution in [0, 0.1) is 0 Å². The maximum absolute atomic E-state index is 4.36. The zero-order valence-corrected chi connectivity index (χ0v) is 10.7. The van der Waals surface area contributed by atoms with Crippen molar-refractivity contribution in [1.29, 1.82) is 0 Å². The highest BCUT2D eigenvalue weighted by atomic mass is 32.2. The first-order valence-electron chi connectivity index (χ1n) is 6.02. The Hall–Kier alpha value is -1.46. The van der Waals surface area contributed by atoms with Crippen molar-refractivity contribution in [2.45, 2.75) is 35.5 Å². The zero-order valence-electron chi connectivity index (χ0n) is 9.91. The van der Waals surface area contributed by atoms with Gasteiger partial charge in [0.15, 0.2) is 5.16 Å². The van der Waals surface area contributed by atoms with Gasteiger partial charge >= 0.3 is 0 Å². The summed E-state index contributed by atoms with van der Waals surface area (Å²) in [6, 6.07) is 4.63. The Balaban J connectivity index is 1.59. The van der Waals surface area contributed by atoms with Gasteiger partial charge in [0.2, 0.25) is 0 Å². The van der Waals surface area contributed by atoms with Crippen LogP contribution < -0.4 is 5.32 Å². The average molecular weight is 258 g/mol. The molecule has 1 N–H and O–H groups in total. The molecule has 2 aromatic rings. The predicted molar refractivity (Wildman–Crippen MR) is 70.3 cm³/mol. The molecule has 0 aromatic carbocycles. The number of nitrogens with zero attached hydrogens (tertiary/aromatic N) is 3. The summed E-state index contributed by atoms with van der Waals surface area (Å²) in [5.74, 6) is 0. The van der Waals surface area contributed by atoms with Crippen molar-refractivity contribution in [2.24, 2.45) is 0 Å². The van der Waals surface area contributed by atoms with Gasteiger partial charge in [-0.2, -0.15) is 0 Å². The first-order chi connectivity index (χ1) is 8.90. The van der Waals surface area contributed by atoms with Crippen LogP contribution in [0.4, 0.5) is 0 Å². The summed E-state index contributed by atoms with van der Waals surface area (Å²) < 4.78 is 0. The standard InChI is InChI=1S/C13H14N4S/c1-2-11(1)15-7-10-8-16-13(17-9-10)18-12-3-5-14-6-4-12/h3-6,8-9,11,15H,1-2,7H2. The van der Waals surface area contributed by atoms with Crippen molar-refractivity contribution in [1.82, 2.24) is 20.3 Å². The number of pyridine rings is 1. The molecule has 1 aliphatic carbocycles. The number of aromatic nitrogens is 3. The Morgan fingerprint density at radius 1 is 1.17 bits per heavy atom. The highest BCUT2D eigenvalue weighted by Crippen LogP contribution is 2.23. The molecule has 0 amide bonds. The molecule has 1 saturated carbocycles. The minimum atomic E-state index is 0.718. The Morgan fingerprint density at radius 3 is 2.56 bits per heavy atom. The monoisotopic (exact) mass is 258 g/mol. The fraction of sp³-hybridized carbons (Fsp3) is 0.308. The molecule has 2 heterocycles. The second-order valence-electron chi connectivity index (χ2n) is 4.31. The maximum atomic E-state index is 4.36. The lowest BCUT2D eigenvalue weighted by Gasteiger charge is -2.03. The van der Waals surface area contributed by atoms with Crippen LogP contribution in [-0.4, -0.2) is 21.0 Å². The van der Waals surface area contributed by atoms with Crippen LogP contribution >= 0.6 is 11.8 Å². The second-order valence-corrected chi connectivity index (χ2v) is 5.35. The molecule has 0 bridgehead atoms. The van der Waals surface area contributed by atoms with Crippen LogP contribution in [0.2, 0.25) is 0 Å². The van der Waals surface area contributed by atoms with Gasteiger partial charge in [0.1, 0.15) is 0 Å². The van der Waals surface area contributed by atoms with E-state index in [1.165, 1.54) is 12.8 Å². The third-order valence-electron chi connectivity index (χ3n) is 2.71. The SMILES string of the molecule is c1cc(Sc2ncc(CNC3CC3)cn2)ccn1. The normalized spacial score (nSPS) is 14.7. The number of hydrogen-bond acceptors (Lipinski definition) is 5. The minimum Gasteiger partial charge on any atom is -0.310 e. The fourth-order valence-electron chi connectivity index (χ4n) is 1.55. The third kappa shape index (κ3) is 3.27. The summed E-state index contributed by atoms with van der Waals surface area (Å²) >= 11 is 1.55. The minimum absolute atomic E-state index is 0.718. The largest absolute Gasteiger partial charge is 0.310 e. The topological polar surface area (TPSA) is 50.7 Å². The van der Waals surface area contributed by atoms with Crippen molar-refractivity contribution in [3.63, 3.8) is 0 Å². The smallest absolute Gasteiger partial charge is 0.192 e. The molecule has 0 spiro atoms. The van der Waals surface area contributed by atoms with Gasteiger partial charge in [-0.15, -0.1) is 0 Å². The molecule has 0 radical (unpaired) electrons. The van der Waals surface area contributed by atoms with Gasteiger partial charge in [-0.1, -0.05) is 0 Å². The van der Waals surface area contributed by atoms with Crippen LogP contribution in [0.25, 0.3) is 0 Å². The van der Waals surface area contributed by atoms with Crippen molar-refractivity contribution < 1.29 is 0 Å². The molecule has 0 aliphatic heterocycles. The fourth-order valence-corrected chi connectivity index (χ4v) is 2.23. The molecule has 0 saturated heterocycles. The lowest BCUT2D eigenvalue weighted by Crippen LogP contribution is -2.15. The Morgan fingerprint density at radius 2 is 1.89 bits per heavy atom. The molecule has 0 unspecified atom stereocenters. The van der Waals surface area contributed by atoms with Crippen molar-refractivity contribution >= 4 is 11.8 Å². The molecule has 1 fully saturated rings. The highest BCUT2D eigenvalue weighted by Gasteiger charge is 2.19. The van der Waals surface area contributed by atoms with Gasteiger partial charge in [0, 0.05) is 47.8 Å². The van der Waals surface area contributed by atoms with Crippen LogP contribution in [0.1, 0.15) is 18.4 Å². The molecular weight excluding hydrogens is 244 g/mol. The summed E-state index contributed by atoms with van der Waals surface area (Å²) in [6.45, 7) is 0.866. The van der Waals surface area contributed by atoms with Crippen molar-refractivity contribution in [2.75, 3.05) is 0 Å². The van der Waals surface area contributed by atoms with Crippen LogP contribution in [0.3, 0.4) is 0 Å². The van der Waals surface area contributed by atoms with Gasteiger partial charge in [-0.3, -0.25) is 4.98 Å². The van der Waals surface area contributed by atoms with E-state index in [4.69, 9.17) is 0 Å². The molecule has 92 valence electrons. The molecular formula is C13H14N4S. The number of hydrogen-bond donors (Lipinski definition) is 1. The average Bonchev–Trinajstić information content (AvgIpc) is 3.23. The van der Waals surface area contributed by atoms with E-state index in [-0.39, 0.29) is 0 Å². The number of nitrogens with one attached hydrogen (secondary N) is 1. The summed E-state index contributed by atoms with van der Waals surface area (Å²) in [4.78, 5) is 13.8. The zero-order chi connectivity index (χ0) is 12.2. The Labute approximate surface area is 110 Å². The van der Waals surface area contributed by atoms with Gasteiger partial charge in [-0.05, 0) is 36.7 Å². The lowest BCUT2D eigenvalue weighted by atomic mass is 10.3. The van der Waals surface area contributed by atoms with E-state index in [1.54, 1.807) is 24.2 Å². The van der Waals surface area contributed by atoms with E-state index in [0.717, 1.165) is 28.2 Å². The quantitative estimate of drug-likeness (QED) is 0.834. The van der Waals surface area contributed by atoms with Crippen LogP contribution in [-0.2, 0) is 6.54 Å². The highest BCUT2D eigenvalue weighted by molar-refractivity contribution is 7.99. The van der Waals surface area contributed by atoms with Gasteiger partial charge < -0.3 is 5.32 Å². The third-order valence-corrected chi connectivity index (χ3v) is 3.61. The first kappa shape index (κ1) is 11.6. The van der Waals surface area contributed by atoms with Gasteiger partial charge in [0.05, 0.1) is 0 Å². The molecule has 18 heavy (non-hydrogen) atoms. The van der Waals surface area contributed by atoms with E-state index < -0.39 is 0 Å². The summed E-state index contributed by atoms with van der Waals surface area (Å²) in [7, 11) is 0. The predicted octanol–water partition coefficient (Wildman–Crippen LogP) is 2.27. The lowest BCUT2D eigenvalue weighted by molar-refractivity contribution is 0.680. The Bertz CT molecular complexity index is 496. The van der Waals surface area contributed by atoms with E-state index in [1.807, 2.05) is 24.5 Å². The summed E-state index contributed by atoms with van der Waals surface area (Å²) in [6.07, 6.45) is 9.94. The maximum Gasteiger partial charge on any atom is 0.192 e. The summed E-state index contributed by atoms with van der Waals surface area (Å²) in [5.41, 5.74) is 1.14. The summed E-state index contributed by atoms with van der Waals surface area (Å²) in [5, 5.41) is 4.22. The van der Waals surface area contributed by atoms with Crippen molar-refractivity contribution in [3.05, 3.63) is 42.5 Å². The molecule has 3 rings (SSSR count). The second kappa shape index (κ2) is 5.46. The van der Waals surface area contributed by atoms with E-state index >= 15 is 0 Å². The van der Waals surface area contributed by atoms with Crippen LogP contribution in [0.15, 0.2) is 47.0 Å². The van der Waals surface area contributed by atoms with E-state index in [2.05, 4.69) is 20.3 Å². The van der Waals surface area contributed by atoms with E-state index in [0.29, 0.717) is 0 Å². The Kier molecular flexibility index (Phi) is 3.52. The molecule has 5 heteroatoms. The van der Waals surface area contributed by atoms with Gasteiger partial charge in [0.25, 0.3) is 0 Å². The van der Waals surface area contributed by atoms with E-state index in [9.17, 15) is 0 Å². The van der Waals surface area contributed by atoms with Crippen molar-refractivity contribution in [3.8, 4) is 0 Å². The number of rotatable bonds is 5.